The Kier molecular flexibility index (Phi) is 3.65. The summed E-state index contributed by atoms with van der Waals surface area (Å²) < 4.78 is 0. The monoisotopic (exact) mass is 256 g/mol. The van der Waals surface area contributed by atoms with E-state index in [1.54, 1.807) is 4.90 Å². The molecule has 18 heavy (non-hydrogen) atoms. The van der Waals surface area contributed by atoms with Crippen LogP contribution in [0.3, 0.4) is 0 Å². The minimum atomic E-state index is -1.03. The van der Waals surface area contributed by atoms with Crippen molar-refractivity contribution in [1.29, 1.82) is 0 Å². The van der Waals surface area contributed by atoms with E-state index in [1.165, 1.54) is 4.90 Å². The standard InChI is InChI=1S/C13H24N2O3/c1-12(2,3)14-8-7-9(10(14)16)15(11(17)18)13(4,5)6/h9H,7-8H2,1-6H3,(H,17,18). The lowest BCUT2D eigenvalue weighted by molar-refractivity contribution is -0.136. The molecule has 0 aromatic rings. The Balaban J connectivity index is 2.99. The van der Waals surface area contributed by atoms with E-state index < -0.39 is 17.7 Å². The van der Waals surface area contributed by atoms with Gasteiger partial charge in [-0.15, -0.1) is 0 Å². The molecule has 1 aliphatic heterocycles. The lowest BCUT2D eigenvalue weighted by Crippen LogP contribution is -2.55. The first kappa shape index (κ1) is 14.8. The molecule has 2 amide bonds. The van der Waals surface area contributed by atoms with Crippen LogP contribution in [0.1, 0.15) is 48.0 Å². The van der Waals surface area contributed by atoms with Crippen LogP contribution < -0.4 is 0 Å². The highest BCUT2D eigenvalue weighted by molar-refractivity contribution is 5.88. The number of amides is 2. The normalized spacial score (nSPS) is 21.3. The van der Waals surface area contributed by atoms with Crippen molar-refractivity contribution in [3.63, 3.8) is 0 Å². The molecule has 0 aromatic carbocycles. The summed E-state index contributed by atoms with van der Waals surface area (Å²) in [5, 5.41) is 9.33. The van der Waals surface area contributed by atoms with Gasteiger partial charge in [-0.25, -0.2) is 4.79 Å². The highest BCUT2D eigenvalue weighted by Gasteiger charge is 2.45. The SMILES string of the molecule is CC(C)(C)N1CCC(N(C(=O)O)C(C)(C)C)C1=O. The third kappa shape index (κ3) is 2.76. The molecule has 1 saturated heterocycles. The number of rotatable bonds is 1. The fourth-order valence-corrected chi connectivity index (χ4v) is 2.46. The number of nitrogens with zero attached hydrogens (tertiary/aromatic N) is 2. The predicted octanol–water partition coefficient (Wildman–Crippen LogP) is 2.16. The van der Waals surface area contributed by atoms with Gasteiger partial charge in [0.1, 0.15) is 6.04 Å². The van der Waals surface area contributed by atoms with Gasteiger partial charge < -0.3 is 10.0 Å². The average molecular weight is 256 g/mol. The van der Waals surface area contributed by atoms with E-state index in [9.17, 15) is 14.7 Å². The molecule has 5 heteroatoms. The van der Waals surface area contributed by atoms with E-state index >= 15 is 0 Å². The van der Waals surface area contributed by atoms with Crippen LogP contribution in [0.15, 0.2) is 0 Å². The summed E-state index contributed by atoms with van der Waals surface area (Å²) in [4.78, 5) is 26.8. The minimum absolute atomic E-state index is 0.0835. The average Bonchev–Trinajstić information content (AvgIpc) is 2.44. The van der Waals surface area contributed by atoms with Crippen molar-refractivity contribution in [2.24, 2.45) is 0 Å². The molecule has 0 bridgehead atoms. The summed E-state index contributed by atoms with van der Waals surface area (Å²) in [5.41, 5.74) is -0.825. The Hall–Kier alpha value is -1.26. The van der Waals surface area contributed by atoms with E-state index in [1.807, 2.05) is 41.5 Å². The maximum Gasteiger partial charge on any atom is 0.408 e. The van der Waals surface area contributed by atoms with Gasteiger partial charge in [0.15, 0.2) is 0 Å². The molecule has 0 radical (unpaired) electrons. The van der Waals surface area contributed by atoms with Crippen LogP contribution in [0.2, 0.25) is 0 Å². The van der Waals surface area contributed by atoms with Crippen LogP contribution in [0.5, 0.6) is 0 Å². The Morgan fingerprint density at radius 1 is 1.28 bits per heavy atom. The van der Waals surface area contributed by atoms with Gasteiger partial charge in [-0.1, -0.05) is 0 Å². The largest absolute Gasteiger partial charge is 0.465 e. The molecule has 1 unspecified atom stereocenters. The van der Waals surface area contributed by atoms with Crippen molar-refractivity contribution in [1.82, 2.24) is 9.80 Å². The molecular formula is C13H24N2O3. The summed E-state index contributed by atoms with van der Waals surface area (Å²) in [6.07, 6.45) is -0.462. The smallest absolute Gasteiger partial charge is 0.408 e. The van der Waals surface area contributed by atoms with Crippen molar-refractivity contribution >= 4 is 12.0 Å². The number of carbonyl (C=O) groups is 2. The Bertz CT molecular complexity index is 352. The van der Waals surface area contributed by atoms with Gasteiger partial charge >= 0.3 is 6.09 Å². The Morgan fingerprint density at radius 2 is 1.78 bits per heavy atom. The maximum atomic E-state index is 12.4. The molecule has 0 spiro atoms. The Morgan fingerprint density at radius 3 is 2.06 bits per heavy atom. The second-order valence-corrected chi connectivity index (χ2v) is 6.79. The zero-order valence-electron chi connectivity index (χ0n) is 12.1. The number of carboxylic acid groups (broad SMARTS) is 1. The summed E-state index contributed by atoms with van der Waals surface area (Å²) in [5.74, 6) is -0.0835. The van der Waals surface area contributed by atoms with E-state index in [0.29, 0.717) is 13.0 Å². The lowest BCUT2D eigenvalue weighted by Gasteiger charge is -2.38. The number of carbonyl (C=O) groups excluding carboxylic acids is 1. The van der Waals surface area contributed by atoms with Gasteiger partial charge in [0, 0.05) is 17.6 Å². The third-order valence-electron chi connectivity index (χ3n) is 3.23. The Labute approximate surface area is 109 Å². The quantitative estimate of drug-likeness (QED) is 0.782. The molecule has 1 atom stereocenters. The highest BCUT2D eigenvalue weighted by Crippen LogP contribution is 2.29. The van der Waals surface area contributed by atoms with Gasteiger partial charge in [0.25, 0.3) is 0 Å². The van der Waals surface area contributed by atoms with Gasteiger partial charge in [-0.3, -0.25) is 9.69 Å². The topological polar surface area (TPSA) is 60.9 Å². The minimum Gasteiger partial charge on any atom is -0.465 e. The van der Waals surface area contributed by atoms with Crippen molar-refractivity contribution in [3.8, 4) is 0 Å². The summed E-state index contributed by atoms with van der Waals surface area (Å²) in [6.45, 7) is 12.0. The molecule has 0 aromatic heterocycles. The van der Waals surface area contributed by atoms with Crippen LogP contribution in [0.4, 0.5) is 4.79 Å². The van der Waals surface area contributed by atoms with Crippen molar-refractivity contribution in [2.75, 3.05) is 6.54 Å². The predicted molar refractivity (Wildman–Crippen MR) is 69.5 cm³/mol. The van der Waals surface area contributed by atoms with E-state index in [0.717, 1.165) is 0 Å². The molecule has 0 aliphatic carbocycles. The molecule has 104 valence electrons. The van der Waals surface area contributed by atoms with Gasteiger partial charge in [-0.05, 0) is 48.0 Å². The number of likely N-dealkylation sites (tertiary alicyclic amines) is 1. The number of hydrogen-bond acceptors (Lipinski definition) is 2. The molecule has 1 N–H and O–H groups in total. The lowest BCUT2D eigenvalue weighted by atomic mass is 10.0. The summed E-state index contributed by atoms with van der Waals surface area (Å²) >= 11 is 0. The molecule has 1 rings (SSSR count). The summed E-state index contributed by atoms with van der Waals surface area (Å²) in [7, 11) is 0. The summed E-state index contributed by atoms with van der Waals surface area (Å²) in [6, 6.07) is -0.554. The van der Waals surface area contributed by atoms with Crippen LogP contribution >= 0.6 is 0 Å². The van der Waals surface area contributed by atoms with Crippen molar-refractivity contribution < 1.29 is 14.7 Å². The van der Waals surface area contributed by atoms with Crippen molar-refractivity contribution in [3.05, 3.63) is 0 Å². The van der Waals surface area contributed by atoms with Crippen LogP contribution in [0, 0.1) is 0 Å². The van der Waals surface area contributed by atoms with E-state index in [4.69, 9.17) is 0 Å². The third-order valence-corrected chi connectivity index (χ3v) is 3.23. The van der Waals surface area contributed by atoms with Crippen LogP contribution in [0.25, 0.3) is 0 Å². The first-order chi connectivity index (χ1) is 7.96. The fraction of sp³-hybridized carbons (Fsp3) is 0.846. The first-order valence-electron chi connectivity index (χ1n) is 6.30. The second-order valence-electron chi connectivity index (χ2n) is 6.79. The molecule has 1 aliphatic rings. The first-order valence-corrected chi connectivity index (χ1v) is 6.30. The van der Waals surface area contributed by atoms with Gasteiger partial charge in [0.05, 0.1) is 0 Å². The second kappa shape index (κ2) is 4.44. The van der Waals surface area contributed by atoms with Gasteiger partial charge in [-0.2, -0.15) is 0 Å². The van der Waals surface area contributed by atoms with Crippen LogP contribution in [-0.4, -0.2) is 50.6 Å². The molecule has 5 nitrogen and oxygen atoms in total. The van der Waals surface area contributed by atoms with Crippen LogP contribution in [-0.2, 0) is 4.79 Å². The molecule has 1 heterocycles. The van der Waals surface area contributed by atoms with E-state index in [2.05, 4.69) is 0 Å². The number of hydrogen-bond donors (Lipinski definition) is 1. The maximum absolute atomic E-state index is 12.4. The molecule has 1 fully saturated rings. The van der Waals surface area contributed by atoms with Crippen molar-refractivity contribution in [2.45, 2.75) is 65.1 Å². The zero-order chi connectivity index (χ0) is 14.3. The molecular weight excluding hydrogens is 232 g/mol. The fourth-order valence-electron chi connectivity index (χ4n) is 2.46. The highest BCUT2D eigenvalue weighted by atomic mass is 16.4. The zero-order valence-corrected chi connectivity index (χ0v) is 12.1. The van der Waals surface area contributed by atoms with Gasteiger partial charge in [0.2, 0.25) is 5.91 Å². The van der Waals surface area contributed by atoms with E-state index in [-0.39, 0.29) is 11.4 Å². The molecule has 0 saturated carbocycles.